The Hall–Kier alpha value is -0.910. The van der Waals surface area contributed by atoms with Crippen molar-refractivity contribution in [3.8, 4) is 0 Å². The van der Waals surface area contributed by atoms with Gasteiger partial charge in [-0.1, -0.05) is 26.8 Å². The molecule has 1 aromatic carbocycles. The molecule has 1 aromatic rings. The van der Waals surface area contributed by atoms with Crippen LogP contribution in [0.4, 0.5) is 0 Å². The van der Waals surface area contributed by atoms with Crippen molar-refractivity contribution in [2.24, 2.45) is 11.1 Å². The average molecular weight is 284 g/mol. The molecule has 0 heterocycles. The third kappa shape index (κ3) is 4.30. The molecule has 0 aromatic heterocycles. The van der Waals surface area contributed by atoms with Crippen LogP contribution in [-0.4, -0.2) is 15.0 Å². The van der Waals surface area contributed by atoms with Crippen LogP contribution in [0.15, 0.2) is 17.0 Å². The van der Waals surface area contributed by atoms with Gasteiger partial charge in [0.1, 0.15) is 0 Å². The lowest BCUT2D eigenvalue weighted by Crippen LogP contribution is -2.32. The fourth-order valence-electron chi connectivity index (χ4n) is 1.69. The molecule has 3 N–H and O–H groups in total. The van der Waals surface area contributed by atoms with Gasteiger partial charge in [0.2, 0.25) is 10.0 Å². The molecule has 0 aliphatic carbocycles. The summed E-state index contributed by atoms with van der Waals surface area (Å²) in [6.07, 6.45) is 0. The van der Waals surface area contributed by atoms with Crippen LogP contribution >= 0.6 is 0 Å². The van der Waals surface area contributed by atoms with E-state index in [1.165, 1.54) is 0 Å². The predicted octanol–water partition coefficient (Wildman–Crippen LogP) is 2.09. The maximum Gasteiger partial charge on any atom is 0.240 e. The number of rotatable bonds is 4. The summed E-state index contributed by atoms with van der Waals surface area (Å²) in [6, 6.07) is 3.59. The molecule has 1 rings (SSSR count). The van der Waals surface area contributed by atoms with E-state index in [1.807, 2.05) is 40.7 Å². The third-order valence-electron chi connectivity index (χ3n) is 3.00. The summed E-state index contributed by atoms with van der Waals surface area (Å²) >= 11 is 0. The summed E-state index contributed by atoms with van der Waals surface area (Å²) in [5.41, 5.74) is 8.07. The summed E-state index contributed by atoms with van der Waals surface area (Å²) in [4.78, 5) is 0.331. The van der Waals surface area contributed by atoms with Gasteiger partial charge in [0, 0.05) is 13.1 Å². The second kappa shape index (κ2) is 5.61. The van der Waals surface area contributed by atoms with E-state index in [2.05, 4.69) is 4.72 Å². The summed E-state index contributed by atoms with van der Waals surface area (Å²) in [6.45, 7) is 10.4. The number of benzene rings is 1. The molecular weight excluding hydrogens is 260 g/mol. The van der Waals surface area contributed by atoms with Crippen LogP contribution in [0, 0.1) is 19.3 Å². The highest BCUT2D eigenvalue weighted by atomic mass is 32.2. The van der Waals surface area contributed by atoms with Crippen LogP contribution in [0.3, 0.4) is 0 Å². The molecule has 0 radical (unpaired) electrons. The van der Waals surface area contributed by atoms with E-state index in [0.717, 1.165) is 16.7 Å². The van der Waals surface area contributed by atoms with Crippen LogP contribution in [0.1, 0.15) is 37.5 Å². The van der Waals surface area contributed by atoms with Gasteiger partial charge in [-0.3, -0.25) is 0 Å². The topological polar surface area (TPSA) is 72.2 Å². The molecule has 5 heteroatoms. The highest BCUT2D eigenvalue weighted by Crippen LogP contribution is 2.22. The van der Waals surface area contributed by atoms with Crippen LogP contribution in [0.25, 0.3) is 0 Å². The number of sulfonamides is 1. The summed E-state index contributed by atoms with van der Waals surface area (Å²) in [5.74, 6) is 0. The zero-order valence-corrected chi connectivity index (χ0v) is 13.2. The molecule has 0 saturated heterocycles. The SMILES string of the molecule is Cc1cc(CN)cc(S(=O)(=O)NCC(C)(C)C)c1C. The summed E-state index contributed by atoms with van der Waals surface area (Å²) < 4.78 is 27.4. The molecule has 0 bridgehead atoms. The molecule has 0 amide bonds. The first-order valence-electron chi connectivity index (χ1n) is 6.37. The van der Waals surface area contributed by atoms with Crippen LogP contribution in [0.5, 0.6) is 0 Å². The Morgan fingerprint density at radius 3 is 2.26 bits per heavy atom. The summed E-state index contributed by atoms with van der Waals surface area (Å²) in [5, 5.41) is 0. The van der Waals surface area contributed by atoms with Crippen molar-refractivity contribution in [1.82, 2.24) is 4.72 Å². The molecule has 4 nitrogen and oxygen atoms in total. The van der Waals surface area contributed by atoms with Gasteiger partial charge in [0.05, 0.1) is 4.90 Å². The van der Waals surface area contributed by atoms with Crippen molar-refractivity contribution in [2.45, 2.75) is 46.1 Å². The molecule has 0 spiro atoms. The number of hydrogen-bond acceptors (Lipinski definition) is 3. The molecule has 0 fully saturated rings. The fourth-order valence-corrected chi connectivity index (χ4v) is 3.33. The van der Waals surface area contributed by atoms with Gasteiger partial charge in [-0.15, -0.1) is 0 Å². The largest absolute Gasteiger partial charge is 0.326 e. The second-order valence-corrected chi connectivity index (χ2v) is 7.86. The molecule has 19 heavy (non-hydrogen) atoms. The van der Waals surface area contributed by atoms with Crippen LogP contribution in [0.2, 0.25) is 0 Å². The van der Waals surface area contributed by atoms with Crippen molar-refractivity contribution >= 4 is 10.0 Å². The minimum Gasteiger partial charge on any atom is -0.326 e. The Labute approximate surface area is 116 Å². The highest BCUT2D eigenvalue weighted by molar-refractivity contribution is 7.89. The first-order chi connectivity index (χ1) is 8.57. The van der Waals surface area contributed by atoms with Crippen LogP contribution in [-0.2, 0) is 16.6 Å². The van der Waals surface area contributed by atoms with Gasteiger partial charge >= 0.3 is 0 Å². The van der Waals surface area contributed by atoms with Gasteiger partial charge in [-0.25, -0.2) is 13.1 Å². The van der Waals surface area contributed by atoms with E-state index in [4.69, 9.17) is 5.73 Å². The Morgan fingerprint density at radius 2 is 1.79 bits per heavy atom. The molecule has 0 atom stereocenters. The van der Waals surface area contributed by atoms with E-state index in [0.29, 0.717) is 18.0 Å². The van der Waals surface area contributed by atoms with Gasteiger partial charge in [-0.2, -0.15) is 0 Å². The number of nitrogens with one attached hydrogen (secondary N) is 1. The lowest BCUT2D eigenvalue weighted by Gasteiger charge is -2.20. The van der Waals surface area contributed by atoms with E-state index >= 15 is 0 Å². The molecule has 108 valence electrons. The van der Waals surface area contributed by atoms with Crippen molar-refractivity contribution in [1.29, 1.82) is 0 Å². The molecule has 0 unspecified atom stereocenters. The molecule has 0 aliphatic heterocycles. The Morgan fingerprint density at radius 1 is 1.21 bits per heavy atom. The van der Waals surface area contributed by atoms with Crippen molar-refractivity contribution in [2.75, 3.05) is 6.54 Å². The zero-order valence-electron chi connectivity index (χ0n) is 12.4. The van der Waals surface area contributed by atoms with Gasteiger partial charge in [0.15, 0.2) is 0 Å². The maximum atomic E-state index is 12.4. The van der Waals surface area contributed by atoms with Crippen molar-refractivity contribution < 1.29 is 8.42 Å². The first kappa shape index (κ1) is 16.1. The third-order valence-corrected chi connectivity index (χ3v) is 4.52. The van der Waals surface area contributed by atoms with E-state index in [-0.39, 0.29) is 5.41 Å². The number of hydrogen-bond donors (Lipinski definition) is 2. The molecule has 0 saturated carbocycles. The lowest BCUT2D eigenvalue weighted by molar-refractivity contribution is 0.407. The average Bonchev–Trinajstić information content (AvgIpc) is 2.29. The standard InChI is InChI=1S/C14H24N2O2S/c1-10-6-12(8-15)7-13(11(10)2)19(17,18)16-9-14(3,4)5/h6-7,16H,8-9,15H2,1-5H3. The number of nitrogens with two attached hydrogens (primary N) is 1. The second-order valence-electron chi connectivity index (χ2n) is 6.13. The normalized spacial score (nSPS) is 12.7. The smallest absolute Gasteiger partial charge is 0.240 e. The minimum atomic E-state index is -3.48. The monoisotopic (exact) mass is 284 g/mol. The number of aryl methyl sites for hydroxylation is 1. The lowest BCUT2D eigenvalue weighted by atomic mass is 9.98. The first-order valence-corrected chi connectivity index (χ1v) is 7.85. The zero-order chi connectivity index (χ0) is 14.8. The fraction of sp³-hybridized carbons (Fsp3) is 0.571. The van der Waals surface area contributed by atoms with E-state index in [1.54, 1.807) is 6.07 Å². The highest BCUT2D eigenvalue weighted by Gasteiger charge is 2.21. The van der Waals surface area contributed by atoms with Gasteiger partial charge in [0.25, 0.3) is 0 Å². The molecular formula is C14H24N2O2S. The summed E-state index contributed by atoms with van der Waals surface area (Å²) in [7, 11) is -3.48. The van der Waals surface area contributed by atoms with E-state index < -0.39 is 10.0 Å². The van der Waals surface area contributed by atoms with Crippen molar-refractivity contribution in [3.05, 3.63) is 28.8 Å². The van der Waals surface area contributed by atoms with Crippen LogP contribution < -0.4 is 10.5 Å². The maximum absolute atomic E-state index is 12.4. The minimum absolute atomic E-state index is 0.0957. The Bertz CT molecular complexity index is 558. The van der Waals surface area contributed by atoms with Gasteiger partial charge < -0.3 is 5.73 Å². The Balaban J connectivity index is 3.17. The molecule has 0 aliphatic rings. The van der Waals surface area contributed by atoms with Gasteiger partial charge in [-0.05, 0) is 42.0 Å². The van der Waals surface area contributed by atoms with E-state index in [9.17, 15) is 8.42 Å². The Kier molecular flexibility index (Phi) is 4.76. The predicted molar refractivity (Wildman–Crippen MR) is 78.5 cm³/mol. The van der Waals surface area contributed by atoms with Crippen molar-refractivity contribution in [3.63, 3.8) is 0 Å². The quantitative estimate of drug-likeness (QED) is 0.889.